The first-order valence-electron chi connectivity index (χ1n) is 6.57. The van der Waals surface area contributed by atoms with E-state index in [0.29, 0.717) is 19.4 Å². The first-order chi connectivity index (χ1) is 8.90. The second-order valence-corrected chi connectivity index (χ2v) is 4.72. The molecule has 0 spiro atoms. The van der Waals surface area contributed by atoms with Gasteiger partial charge in [0, 0.05) is 6.54 Å². The molecule has 19 heavy (non-hydrogen) atoms. The van der Waals surface area contributed by atoms with Crippen molar-refractivity contribution in [3.05, 3.63) is 0 Å². The summed E-state index contributed by atoms with van der Waals surface area (Å²) < 4.78 is 43.7. The highest BCUT2D eigenvalue weighted by Gasteiger charge is 2.44. The standard InChI is InChI=1S/C12H21F3N2O2/c1-2-19-11(18)9-4-3-7-17(8-9)10(5-6-16)12(13,14)15/h9-10H,2-8,16H2,1H3. The van der Waals surface area contributed by atoms with E-state index in [9.17, 15) is 18.0 Å². The number of nitrogens with two attached hydrogens (primary N) is 1. The average Bonchev–Trinajstić information content (AvgIpc) is 2.35. The summed E-state index contributed by atoms with van der Waals surface area (Å²) in [7, 11) is 0. The minimum atomic E-state index is -4.31. The molecule has 1 saturated heterocycles. The molecule has 0 amide bonds. The van der Waals surface area contributed by atoms with Gasteiger partial charge >= 0.3 is 12.1 Å². The number of carbonyl (C=O) groups excluding carboxylic acids is 1. The van der Waals surface area contributed by atoms with Gasteiger partial charge in [-0.15, -0.1) is 0 Å². The molecule has 1 rings (SSSR count). The Bertz CT molecular complexity index is 297. The van der Waals surface area contributed by atoms with Crippen molar-refractivity contribution < 1.29 is 22.7 Å². The molecule has 2 unspecified atom stereocenters. The number of carbonyl (C=O) groups is 1. The van der Waals surface area contributed by atoms with Crippen LogP contribution in [0.25, 0.3) is 0 Å². The van der Waals surface area contributed by atoms with Crippen LogP contribution in [0.4, 0.5) is 13.2 Å². The lowest BCUT2D eigenvalue weighted by molar-refractivity contribution is -0.191. The Labute approximate surface area is 111 Å². The van der Waals surface area contributed by atoms with Gasteiger partial charge in [-0.2, -0.15) is 13.2 Å². The van der Waals surface area contributed by atoms with Crippen molar-refractivity contribution in [2.45, 2.75) is 38.4 Å². The van der Waals surface area contributed by atoms with E-state index in [1.807, 2.05) is 0 Å². The van der Waals surface area contributed by atoms with Gasteiger partial charge in [-0.25, -0.2) is 0 Å². The third kappa shape index (κ3) is 4.65. The summed E-state index contributed by atoms with van der Waals surface area (Å²) in [4.78, 5) is 12.9. The smallest absolute Gasteiger partial charge is 0.404 e. The topological polar surface area (TPSA) is 55.6 Å². The number of ether oxygens (including phenoxy) is 1. The number of esters is 1. The number of rotatable bonds is 5. The lowest BCUT2D eigenvalue weighted by Gasteiger charge is -2.38. The van der Waals surface area contributed by atoms with Crippen molar-refractivity contribution in [1.82, 2.24) is 4.90 Å². The second kappa shape index (κ2) is 7.09. The van der Waals surface area contributed by atoms with E-state index in [1.54, 1.807) is 6.92 Å². The molecule has 1 aliphatic rings. The molecule has 2 N–H and O–H groups in total. The molecule has 1 heterocycles. The molecule has 2 atom stereocenters. The van der Waals surface area contributed by atoms with E-state index in [-0.39, 0.29) is 26.1 Å². The Morgan fingerprint density at radius 2 is 2.21 bits per heavy atom. The molecular weight excluding hydrogens is 261 g/mol. The van der Waals surface area contributed by atoms with Crippen LogP contribution in [0.2, 0.25) is 0 Å². The molecule has 0 aromatic carbocycles. The zero-order valence-electron chi connectivity index (χ0n) is 11.1. The Morgan fingerprint density at radius 1 is 1.53 bits per heavy atom. The van der Waals surface area contributed by atoms with Crippen LogP contribution < -0.4 is 5.73 Å². The van der Waals surface area contributed by atoms with Gasteiger partial charge in [-0.3, -0.25) is 9.69 Å². The van der Waals surface area contributed by atoms with Crippen LogP contribution in [0, 0.1) is 5.92 Å². The first kappa shape index (κ1) is 16.2. The number of piperidine rings is 1. The van der Waals surface area contributed by atoms with Crippen molar-refractivity contribution in [2.75, 3.05) is 26.2 Å². The number of likely N-dealkylation sites (tertiary alicyclic amines) is 1. The van der Waals surface area contributed by atoms with Crippen LogP contribution in [0.5, 0.6) is 0 Å². The zero-order valence-corrected chi connectivity index (χ0v) is 11.1. The number of alkyl halides is 3. The van der Waals surface area contributed by atoms with Gasteiger partial charge in [-0.05, 0) is 39.3 Å². The van der Waals surface area contributed by atoms with Crippen molar-refractivity contribution in [3.8, 4) is 0 Å². The van der Waals surface area contributed by atoms with Crippen LogP contribution in [0.1, 0.15) is 26.2 Å². The summed E-state index contributed by atoms with van der Waals surface area (Å²) in [5.41, 5.74) is 5.26. The second-order valence-electron chi connectivity index (χ2n) is 4.72. The van der Waals surface area contributed by atoms with E-state index in [0.717, 1.165) is 0 Å². The lowest BCUT2D eigenvalue weighted by Crippen LogP contribution is -2.52. The number of nitrogens with zero attached hydrogens (tertiary/aromatic N) is 1. The summed E-state index contributed by atoms with van der Waals surface area (Å²) in [6, 6.07) is -1.56. The SMILES string of the molecule is CCOC(=O)C1CCCN(C(CCN)C(F)(F)F)C1. The first-order valence-corrected chi connectivity index (χ1v) is 6.57. The Balaban J connectivity index is 2.68. The molecule has 0 bridgehead atoms. The molecule has 7 heteroatoms. The third-order valence-corrected chi connectivity index (χ3v) is 3.33. The van der Waals surface area contributed by atoms with Crippen LogP contribution >= 0.6 is 0 Å². The number of hydrogen-bond acceptors (Lipinski definition) is 4. The van der Waals surface area contributed by atoms with E-state index in [2.05, 4.69) is 0 Å². The van der Waals surface area contributed by atoms with Crippen LogP contribution in [-0.4, -0.2) is 49.3 Å². The van der Waals surface area contributed by atoms with Gasteiger partial charge in [0.25, 0.3) is 0 Å². The molecule has 1 aliphatic heterocycles. The van der Waals surface area contributed by atoms with Crippen molar-refractivity contribution in [1.29, 1.82) is 0 Å². The van der Waals surface area contributed by atoms with E-state index >= 15 is 0 Å². The monoisotopic (exact) mass is 282 g/mol. The molecule has 0 radical (unpaired) electrons. The highest BCUT2D eigenvalue weighted by molar-refractivity contribution is 5.72. The fraction of sp³-hybridized carbons (Fsp3) is 0.917. The van der Waals surface area contributed by atoms with E-state index in [4.69, 9.17) is 10.5 Å². The van der Waals surface area contributed by atoms with Gasteiger partial charge in [0.2, 0.25) is 0 Å². The van der Waals surface area contributed by atoms with Crippen molar-refractivity contribution in [3.63, 3.8) is 0 Å². The largest absolute Gasteiger partial charge is 0.466 e. The molecule has 1 fully saturated rings. The van der Waals surface area contributed by atoms with E-state index < -0.39 is 24.1 Å². The lowest BCUT2D eigenvalue weighted by atomic mass is 9.96. The fourth-order valence-corrected chi connectivity index (χ4v) is 2.45. The quantitative estimate of drug-likeness (QED) is 0.777. The summed E-state index contributed by atoms with van der Waals surface area (Å²) in [6.07, 6.45) is -3.29. The Kier molecular flexibility index (Phi) is 6.06. The highest BCUT2D eigenvalue weighted by Crippen LogP contribution is 2.30. The highest BCUT2D eigenvalue weighted by atomic mass is 19.4. The van der Waals surface area contributed by atoms with Crippen LogP contribution in [0.3, 0.4) is 0 Å². The predicted molar refractivity (Wildman–Crippen MR) is 64.4 cm³/mol. The molecule has 112 valence electrons. The average molecular weight is 282 g/mol. The maximum Gasteiger partial charge on any atom is 0.404 e. The Hall–Kier alpha value is -0.820. The van der Waals surface area contributed by atoms with Gasteiger partial charge < -0.3 is 10.5 Å². The van der Waals surface area contributed by atoms with Crippen LogP contribution in [0.15, 0.2) is 0 Å². The van der Waals surface area contributed by atoms with Gasteiger partial charge in [-0.1, -0.05) is 0 Å². The maximum atomic E-state index is 13.0. The molecule has 0 aliphatic carbocycles. The minimum absolute atomic E-state index is 0.0231. The van der Waals surface area contributed by atoms with Gasteiger partial charge in [0.05, 0.1) is 12.5 Å². The number of hydrogen-bond donors (Lipinski definition) is 1. The normalized spacial score (nSPS) is 23.1. The van der Waals surface area contributed by atoms with Crippen molar-refractivity contribution >= 4 is 5.97 Å². The summed E-state index contributed by atoms with van der Waals surface area (Å²) in [5, 5.41) is 0. The van der Waals surface area contributed by atoms with Gasteiger partial charge in [0.1, 0.15) is 6.04 Å². The number of halogens is 3. The minimum Gasteiger partial charge on any atom is -0.466 e. The van der Waals surface area contributed by atoms with Crippen molar-refractivity contribution in [2.24, 2.45) is 11.7 Å². The molecule has 0 saturated carbocycles. The summed E-state index contributed by atoms with van der Waals surface area (Å²) in [6.45, 7) is 2.36. The zero-order chi connectivity index (χ0) is 14.5. The molecular formula is C12H21F3N2O2. The van der Waals surface area contributed by atoms with E-state index in [1.165, 1.54) is 4.90 Å². The maximum absolute atomic E-state index is 13.0. The summed E-state index contributed by atoms with van der Waals surface area (Å²) >= 11 is 0. The molecule has 0 aromatic heterocycles. The third-order valence-electron chi connectivity index (χ3n) is 3.33. The van der Waals surface area contributed by atoms with Crippen LogP contribution in [-0.2, 0) is 9.53 Å². The summed E-state index contributed by atoms with van der Waals surface area (Å²) in [5.74, 6) is -0.864. The molecule has 0 aromatic rings. The predicted octanol–water partition coefficient (Wildman–Crippen LogP) is 1.54. The Morgan fingerprint density at radius 3 is 2.74 bits per heavy atom. The molecule has 4 nitrogen and oxygen atoms in total. The fourth-order valence-electron chi connectivity index (χ4n) is 2.45. The van der Waals surface area contributed by atoms with Gasteiger partial charge in [0.15, 0.2) is 0 Å².